The Morgan fingerprint density at radius 2 is 1.59 bits per heavy atom. The minimum Gasteiger partial charge on any atom is -0.452 e. The fourth-order valence-electron chi connectivity index (χ4n) is 4.63. The number of hydrogen-bond acceptors (Lipinski definition) is 3. The first kappa shape index (κ1) is 19.7. The number of para-hydroxylation sites is 1. The number of carbonyl (C=O) groups is 2. The van der Waals surface area contributed by atoms with Gasteiger partial charge in [0.2, 0.25) is 0 Å². The van der Waals surface area contributed by atoms with Crippen molar-refractivity contribution >= 4 is 17.6 Å². The minimum atomic E-state index is -0.414. The predicted octanol–water partition coefficient (Wildman–Crippen LogP) is 5.09. The standard InChI is InChI=1S/C25H29NO3/c27-24(26(22-11-3-1-4-12-22)23-13-5-2-6-14-23)18-29-25(28)21-16-15-19-9-7-8-10-20(19)17-21/h1,3-4,11-12,15-17,23H,2,5-10,13-14,18H2. The number of aryl methyl sites for hydroxylation is 2. The van der Waals surface area contributed by atoms with Crippen molar-refractivity contribution in [1.82, 2.24) is 0 Å². The molecule has 29 heavy (non-hydrogen) atoms. The predicted molar refractivity (Wildman–Crippen MR) is 114 cm³/mol. The summed E-state index contributed by atoms with van der Waals surface area (Å²) in [5.41, 5.74) is 4.00. The van der Waals surface area contributed by atoms with Crippen LogP contribution in [0.5, 0.6) is 0 Å². The Labute approximate surface area is 172 Å². The summed E-state index contributed by atoms with van der Waals surface area (Å²) in [6.45, 7) is -0.221. The number of benzene rings is 2. The summed E-state index contributed by atoms with van der Waals surface area (Å²) in [6.07, 6.45) is 9.96. The van der Waals surface area contributed by atoms with Gasteiger partial charge < -0.3 is 9.64 Å². The molecule has 2 aliphatic rings. The van der Waals surface area contributed by atoms with Crippen LogP contribution in [0, 0.1) is 0 Å². The first-order chi connectivity index (χ1) is 14.2. The van der Waals surface area contributed by atoms with E-state index in [1.165, 1.54) is 24.0 Å². The molecule has 0 saturated heterocycles. The molecule has 4 nitrogen and oxygen atoms in total. The summed E-state index contributed by atoms with van der Waals surface area (Å²) in [4.78, 5) is 27.5. The monoisotopic (exact) mass is 391 g/mol. The van der Waals surface area contributed by atoms with E-state index in [9.17, 15) is 9.59 Å². The summed E-state index contributed by atoms with van der Waals surface area (Å²) >= 11 is 0. The number of hydrogen-bond donors (Lipinski definition) is 0. The fraction of sp³-hybridized carbons (Fsp3) is 0.440. The van der Waals surface area contributed by atoms with Gasteiger partial charge in [0.15, 0.2) is 6.61 Å². The highest BCUT2D eigenvalue weighted by Gasteiger charge is 2.27. The van der Waals surface area contributed by atoms with Gasteiger partial charge in [0.1, 0.15) is 0 Å². The molecule has 152 valence electrons. The number of esters is 1. The lowest BCUT2D eigenvalue weighted by Gasteiger charge is -2.34. The zero-order chi connectivity index (χ0) is 20.1. The van der Waals surface area contributed by atoms with E-state index in [1.54, 1.807) is 0 Å². The molecule has 0 N–H and O–H groups in total. The Morgan fingerprint density at radius 3 is 2.34 bits per heavy atom. The molecule has 0 aromatic heterocycles. The van der Waals surface area contributed by atoms with Gasteiger partial charge in [-0.05, 0) is 73.9 Å². The molecule has 1 saturated carbocycles. The van der Waals surface area contributed by atoms with E-state index in [1.807, 2.05) is 53.4 Å². The molecular formula is C25H29NO3. The van der Waals surface area contributed by atoms with Gasteiger partial charge in [0.25, 0.3) is 5.91 Å². The molecule has 4 heteroatoms. The van der Waals surface area contributed by atoms with E-state index in [-0.39, 0.29) is 18.6 Å². The number of nitrogens with zero attached hydrogens (tertiary/aromatic N) is 1. The zero-order valence-electron chi connectivity index (χ0n) is 16.9. The van der Waals surface area contributed by atoms with Crippen molar-refractivity contribution in [2.24, 2.45) is 0 Å². The molecule has 0 atom stereocenters. The normalized spacial score (nSPS) is 16.7. The third kappa shape index (κ3) is 4.69. The van der Waals surface area contributed by atoms with Crippen LogP contribution in [0.4, 0.5) is 5.69 Å². The SMILES string of the molecule is O=C(OCC(=O)N(c1ccccc1)C1CCCCC1)c1ccc2c(c1)CCCC2. The molecule has 4 rings (SSSR count). The second kappa shape index (κ2) is 9.25. The lowest BCUT2D eigenvalue weighted by molar-refractivity contribution is -0.122. The molecule has 0 unspecified atom stereocenters. The molecule has 2 aliphatic carbocycles. The van der Waals surface area contributed by atoms with Crippen LogP contribution in [-0.4, -0.2) is 24.5 Å². The lowest BCUT2D eigenvalue weighted by Crippen LogP contribution is -2.43. The van der Waals surface area contributed by atoms with Crippen LogP contribution in [0.2, 0.25) is 0 Å². The summed E-state index contributed by atoms with van der Waals surface area (Å²) in [5.74, 6) is -0.558. The van der Waals surface area contributed by atoms with Gasteiger partial charge in [-0.2, -0.15) is 0 Å². The third-order valence-electron chi connectivity index (χ3n) is 6.15. The summed E-state index contributed by atoms with van der Waals surface area (Å²) < 4.78 is 5.44. The molecule has 0 heterocycles. The number of amides is 1. The molecule has 0 bridgehead atoms. The van der Waals surface area contributed by atoms with Crippen LogP contribution < -0.4 is 4.90 Å². The van der Waals surface area contributed by atoms with E-state index in [0.29, 0.717) is 5.56 Å². The van der Waals surface area contributed by atoms with Crippen molar-refractivity contribution in [2.75, 3.05) is 11.5 Å². The van der Waals surface area contributed by atoms with Crippen LogP contribution in [-0.2, 0) is 22.4 Å². The maximum absolute atomic E-state index is 13.1. The van der Waals surface area contributed by atoms with Crippen LogP contribution in [0.25, 0.3) is 0 Å². The second-order valence-electron chi connectivity index (χ2n) is 8.16. The molecule has 0 radical (unpaired) electrons. The molecule has 1 amide bonds. The lowest BCUT2D eigenvalue weighted by atomic mass is 9.90. The minimum absolute atomic E-state index is 0.144. The van der Waals surface area contributed by atoms with E-state index in [0.717, 1.165) is 50.6 Å². The van der Waals surface area contributed by atoms with Crippen molar-refractivity contribution < 1.29 is 14.3 Å². The highest BCUT2D eigenvalue weighted by Crippen LogP contribution is 2.28. The molecule has 1 fully saturated rings. The van der Waals surface area contributed by atoms with Gasteiger partial charge in [0.05, 0.1) is 5.56 Å². The van der Waals surface area contributed by atoms with Gasteiger partial charge in [-0.1, -0.05) is 43.5 Å². The van der Waals surface area contributed by atoms with Gasteiger partial charge in [-0.3, -0.25) is 4.79 Å². The highest BCUT2D eigenvalue weighted by atomic mass is 16.5. The van der Waals surface area contributed by atoms with Crippen LogP contribution >= 0.6 is 0 Å². The van der Waals surface area contributed by atoms with E-state index >= 15 is 0 Å². The third-order valence-corrected chi connectivity index (χ3v) is 6.15. The topological polar surface area (TPSA) is 46.6 Å². The summed E-state index contributed by atoms with van der Waals surface area (Å²) in [5, 5.41) is 0. The summed E-state index contributed by atoms with van der Waals surface area (Å²) in [7, 11) is 0. The molecule has 2 aromatic carbocycles. The first-order valence-electron chi connectivity index (χ1n) is 10.9. The van der Waals surface area contributed by atoms with Crippen molar-refractivity contribution in [2.45, 2.75) is 63.8 Å². The molecule has 0 aliphatic heterocycles. The number of rotatable bonds is 5. The smallest absolute Gasteiger partial charge is 0.338 e. The average molecular weight is 392 g/mol. The Kier molecular flexibility index (Phi) is 6.28. The largest absolute Gasteiger partial charge is 0.452 e. The van der Waals surface area contributed by atoms with Crippen molar-refractivity contribution in [3.63, 3.8) is 0 Å². The maximum Gasteiger partial charge on any atom is 0.338 e. The van der Waals surface area contributed by atoms with Crippen LogP contribution in [0.15, 0.2) is 48.5 Å². The Morgan fingerprint density at radius 1 is 0.862 bits per heavy atom. The van der Waals surface area contributed by atoms with Crippen molar-refractivity contribution in [1.29, 1.82) is 0 Å². The highest BCUT2D eigenvalue weighted by molar-refractivity contribution is 5.97. The van der Waals surface area contributed by atoms with Crippen LogP contribution in [0.1, 0.15) is 66.4 Å². The fourth-order valence-corrected chi connectivity index (χ4v) is 4.63. The quantitative estimate of drug-likeness (QED) is 0.667. The molecular weight excluding hydrogens is 362 g/mol. The number of carbonyl (C=O) groups excluding carboxylic acids is 2. The van der Waals surface area contributed by atoms with Gasteiger partial charge in [-0.15, -0.1) is 0 Å². The van der Waals surface area contributed by atoms with E-state index < -0.39 is 5.97 Å². The number of ether oxygens (including phenoxy) is 1. The molecule has 0 spiro atoms. The first-order valence-corrected chi connectivity index (χ1v) is 10.9. The number of fused-ring (bicyclic) bond motifs is 1. The van der Waals surface area contributed by atoms with Crippen LogP contribution in [0.3, 0.4) is 0 Å². The Balaban J connectivity index is 1.44. The van der Waals surface area contributed by atoms with Crippen molar-refractivity contribution in [3.05, 3.63) is 65.2 Å². The maximum atomic E-state index is 13.1. The Hall–Kier alpha value is -2.62. The van der Waals surface area contributed by atoms with Crippen molar-refractivity contribution in [3.8, 4) is 0 Å². The number of anilines is 1. The van der Waals surface area contributed by atoms with Gasteiger partial charge >= 0.3 is 5.97 Å². The van der Waals surface area contributed by atoms with E-state index in [4.69, 9.17) is 4.74 Å². The van der Waals surface area contributed by atoms with Gasteiger partial charge in [0, 0.05) is 11.7 Å². The zero-order valence-corrected chi connectivity index (χ0v) is 16.9. The Bertz CT molecular complexity index is 856. The average Bonchev–Trinajstić information content (AvgIpc) is 2.79. The molecule has 2 aromatic rings. The summed E-state index contributed by atoms with van der Waals surface area (Å²) in [6, 6.07) is 15.7. The van der Waals surface area contributed by atoms with E-state index in [2.05, 4.69) is 0 Å². The second-order valence-corrected chi connectivity index (χ2v) is 8.16. The van der Waals surface area contributed by atoms with Gasteiger partial charge in [-0.25, -0.2) is 4.79 Å².